The number of hydrogen-bond acceptors (Lipinski definition) is 3. The summed E-state index contributed by atoms with van der Waals surface area (Å²) in [4.78, 5) is 0. The van der Waals surface area contributed by atoms with Crippen LogP contribution in [0.2, 0.25) is 0 Å². The van der Waals surface area contributed by atoms with Crippen molar-refractivity contribution in [1.82, 2.24) is 9.03 Å². The molecule has 0 bridgehead atoms. The van der Waals surface area contributed by atoms with Crippen molar-refractivity contribution in [3.63, 3.8) is 0 Å². The van der Waals surface area contributed by atoms with Crippen molar-refractivity contribution >= 4 is 10.2 Å². The maximum atomic E-state index is 11.9. The molecule has 6 heteroatoms. The summed E-state index contributed by atoms with van der Waals surface area (Å²) in [6.45, 7) is 4.39. The average molecular weight is 236 g/mol. The molecule has 1 saturated carbocycles. The molecule has 0 spiro atoms. The van der Waals surface area contributed by atoms with Crippen LogP contribution in [-0.2, 0) is 10.2 Å². The van der Waals surface area contributed by atoms with E-state index in [1.165, 1.54) is 4.31 Å². The van der Waals surface area contributed by atoms with Gasteiger partial charge in [-0.3, -0.25) is 0 Å². The van der Waals surface area contributed by atoms with Crippen molar-refractivity contribution < 1.29 is 13.5 Å². The van der Waals surface area contributed by atoms with Gasteiger partial charge < -0.3 is 5.11 Å². The van der Waals surface area contributed by atoms with Crippen LogP contribution < -0.4 is 4.72 Å². The second-order valence-electron chi connectivity index (χ2n) is 3.98. The van der Waals surface area contributed by atoms with Gasteiger partial charge in [0.2, 0.25) is 0 Å². The Morgan fingerprint density at radius 3 is 2.13 bits per heavy atom. The van der Waals surface area contributed by atoms with Crippen molar-refractivity contribution in [3.8, 4) is 0 Å². The highest BCUT2D eigenvalue weighted by atomic mass is 32.2. The molecule has 1 rings (SSSR count). The van der Waals surface area contributed by atoms with E-state index < -0.39 is 15.7 Å². The SMILES string of the molecule is CCN(CC)S(=O)(=O)NC1(CO)CCC1. The number of hydrogen-bond donors (Lipinski definition) is 2. The fourth-order valence-corrected chi connectivity index (χ4v) is 3.42. The Bertz CT molecular complexity index is 289. The Morgan fingerprint density at radius 2 is 1.87 bits per heavy atom. The smallest absolute Gasteiger partial charge is 0.280 e. The second-order valence-corrected chi connectivity index (χ2v) is 5.65. The summed E-state index contributed by atoms with van der Waals surface area (Å²) in [5, 5.41) is 9.18. The largest absolute Gasteiger partial charge is 0.394 e. The Kier molecular flexibility index (Phi) is 4.11. The molecule has 0 unspecified atom stereocenters. The first kappa shape index (κ1) is 12.9. The maximum absolute atomic E-state index is 11.9. The molecule has 1 aliphatic carbocycles. The molecule has 0 radical (unpaired) electrons. The molecular formula is C9H20N2O3S. The second kappa shape index (κ2) is 4.78. The zero-order valence-electron chi connectivity index (χ0n) is 9.36. The maximum Gasteiger partial charge on any atom is 0.280 e. The van der Waals surface area contributed by atoms with E-state index in [1.54, 1.807) is 13.8 Å². The zero-order valence-corrected chi connectivity index (χ0v) is 10.2. The first-order valence-corrected chi connectivity index (χ1v) is 6.83. The normalized spacial score (nSPS) is 20.3. The zero-order chi connectivity index (χ0) is 11.5. The molecule has 1 aliphatic rings. The first-order valence-electron chi connectivity index (χ1n) is 5.39. The predicted octanol–water partition coefficient (Wildman–Crippen LogP) is 0.0776. The van der Waals surface area contributed by atoms with E-state index in [1.807, 2.05) is 0 Å². The van der Waals surface area contributed by atoms with E-state index in [0.717, 1.165) is 19.3 Å². The molecule has 0 aliphatic heterocycles. The van der Waals surface area contributed by atoms with Crippen LogP contribution in [0.4, 0.5) is 0 Å². The minimum Gasteiger partial charge on any atom is -0.394 e. The van der Waals surface area contributed by atoms with Crippen LogP contribution in [-0.4, -0.2) is 43.1 Å². The summed E-state index contributed by atoms with van der Waals surface area (Å²) >= 11 is 0. The number of rotatable bonds is 6. The lowest BCUT2D eigenvalue weighted by Gasteiger charge is -2.41. The van der Waals surface area contributed by atoms with Gasteiger partial charge in [-0.2, -0.15) is 17.4 Å². The van der Waals surface area contributed by atoms with Gasteiger partial charge in [0.1, 0.15) is 0 Å². The molecule has 5 nitrogen and oxygen atoms in total. The van der Waals surface area contributed by atoms with Crippen molar-refractivity contribution in [2.75, 3.05) is 19.7 Å². The topological polar surface area (TPSA) is 69.6 Å². The van der Waals surface area contributed by atoms with Crippen molar-refractivity contribution in [1.29, 1.82) is 0 Å². The fraction of sp³-hybridized carbons (Fsp3) is 1.00. The molecule has 0 amide bonds. The molecule has 90 valence electrons. The first-order chi connectivity index (χ1) is 6.99. The van der Waals surface area contributed by atoms with Crippen molar-refractivity contribution in [2.24, 2.45) is 0 Å². The minimum atomic E-state index is -3.43. The Balaban J connectivity index is 2.70. The van der Waals surface area contributed by atoms with Crippen LogP contribution in [0.25, 0.3) is 0 Å². The third-order valence-corrected chi connectivity index (χ3v) is 4.89. The van der Waals surface area contributed by atoms with E-state index >= 15 is 0 Å². The molecule has 0 atom stereocenters. The molecule has 0 aromatic carbocycles. The molecule has 0 saturated heterocycles. The van der Waals surface area contributed by atoms with Gasteiger partial charge in [-0.1, -0.05) is 13.8 Å². The Labute approximate surface area is 91.7 Å². The molecule has 0 heterocycles. The lowest BCUT2D eigenvalue weighted by atomic mass is 9.78. The van der Waals surface area contributed by atoms with Gasteiger partial charge in [-0.25, -0.2) is 0 Å². The van der Waals surface area contributed by atoms with Gasteiger partial charge in [0, 0.05) is 13.1 Å². The predicted molar refractivity (Wildman–Crippen MR) is 58.6 cm³/mol. The third-order valence-electron chi connectivity index (χ3n) is 3.00. The summed E-state index contributed by atoms with van der Waals surface area (Å²) in [5.74, 6) is 0. The summed E-state index contributed by atoms with van der Waals surface area (Å²) in [6, 6.07) is 0. The standard InChI is InChI=1S/C9H20N2O3S/c1-3-11(4-2)15(13,14)10-9(8-12)6-5-7-9/h10,12H,3-8H2,1-2H3. The summed E-state index contributed by atoms with van der Waals surface area (Å²) in [7, 11) is -3.43. The van der Waals surface area contributed by atoms with Crippen LogP contribution in [0.1, 0.15) is 33.1 Å². The highest BCUT2D eigenvalue weighted by Crippen LogP contribution is 2.32. The van der Waals surface area contributed by atoms with E-state index in [-0.39, 0.29) is 6.61 Å². The molecule has 0 aromatic rings. The average Bonchev–Trinajstić information content (AvgIpc) is 2.13. The summed E-state index contributed by atoms with van der Waals surface area (Å²) < 4.78 is 27.7. The number of aliphatic hydroxyl groups excluding tert-OH is 1. The highest BCUT2D eigenvalue weighted by Gasteiger charge is 2.40. The Morgan fingerprint density at radius 1 is 1.33 bits per heavy atom. The minimum absolute atomic E-state index is 0.118. The van der Waals surface area contributed by atoms with Crippen LogP contribution in [0.3, 0.4) is 0 Å². The van der Waals surface area contributed by atoms with Gasteiger partial charge >= 0.3 is 0 Å². The van der Waals surface area contributed by atoms with Crippen LogP contribution in [0.5, 0.6) is 0 Å². The summed E-state index contributed by atoms with van der Waals surface area (Å²) in [6.07, 6.45) is 2.43. The van der Waals surface area contributed by atoms with Crippen LogP contribution in [0, 0.1) is 0 Å². The van der Waals surface area contributed by atoms with E-state index in [2.05, 4.69) is 4.72 Å². The van der Waals surface area contributed by atoms with Crippen molar-refractivity contribution in [2.45, 2.75) is 38.6 Å². The van der Waals surface area contributed by atoms with Crippen LogP contribution in [0.15, 0.2) is 0 Å². The van der Waals surface area contributed by atoms with Crippen LogP contribution >= 0.6 is 0 Å². The summed E-state index contributed by atoms with van der Waals surface area (Å²) in [5.41, 5.74) is -0.596. The number of aliphatic hydroxyl groups is 1. The lowest BCUT2D eigenvalue weighted by Crippen LogP contribution is -2.59. The van der Waals surface area contributed by atoms with E-state index in [9.17, 15) is 13.5 Å². The van der Waals surface area contributed by atoms with E-state index in [0.29, 0.717) is 13.1 Å². The quantitative estimate of drug-likeness (QED) is 0.686. The number of nitrogens with zero attached hydrogens (tertiary/aromatic N) is 1. The van der Waals surface area contributed by atoms with E-state index in [4.69, 9.17) is 0 Å². The van der Waals surface area contributed by atoms with Gasteiger partial charge in [-0.05, 0) is 19.3 Å². The lowest BCUT2D eigenvalue weighted by molar-refractivity contribution is 0.108. The van der Waals surface area contributed by atoms with Crippen molar-refractivity contribution in [3.05, 3.63) is 0 Å². The molecular weight excluding hydrogens is 216 g/mol. The van der Waals surface area contributed by atoms with Gasteiger partial charge in [0.15, 0.2) is 0 Å². The Hall–Kier alpha value is -0.170. The van der Waals surface area contributed by atoms with Gasteiger partial charge in [-0.15, -0.1) is 0 Å². The van der Waals surface area contributed by atoms with Gasteiger partial charge in [0.25, 0.3) is 10.2 Å². The van der Waals surface area contributed by atoms with Gasteiger partial charge in [0.05, 0.1) is 12.1 Å². The molecule has 1 fully saturated rings. The molecule has 15 heavy (non-hydrogen) atoms. The molecule has 0 aromatic heterocycles. The highest BCUT2D eigenvalue weighted by molar-refractivity contribution is 7.87. The molecule has 2 N–H and O–H groups in total. The third kappa shape index (κ3) is 2.69. The fourth-order valence-electron chi connectivity index (χ4n) is 1.80. The number of nitrogens with one attached hydrogen (secondary N) is 1. The monoisotopic (exact) mass is 236 g/mol.